The number of benzene rings is 2. The summed E-state index contributed by atoms with van der Waals surface area (Å²) < 4.78 is 11.0. The normalized spacial score (nSPS) is 15.7. The molecule has 7 heteroatoms. The van der Waals surface area contributed by atoms with Crippen LogP contribution in [-0.2, 0) is 4.79 Å². The maximum Gasteiger partial charge on any atom is 0.291 e. The summed E-state index contributed by atoms with van der Waals surface area (Å²) in [5.74, 6) is -0.404. The molecule has 1 atom stereocenters. The summed E-state index contributed by atoms with van der Waals surface area (Å²) >= 11 is 0. The molecular formula is C19H14N2O5. The van der Waals surface area contributed by atoms with Gasteiger partial charge < -0.3 is 19.8 Å². The Morgan fingerprint density at radius 2 is 1.92 bits per heavy atom. The molecule has 2 aromatic carbocycles. The Morgan fingerprint density at radius 3 is 2.77 bits per heavy atom. The van der Waals surface area contributed by atoms with Crippen LogP contribution < -0.4 is 20.8 Å². The van der Waals surface area contributed by atoms with Crippen LogP contribution in [0.5, 0.6) is 5.75 Å². The van der Waals surface area contributed by atoms with Crippen LogP contribution in [0.3, 0.4) is 0 Å². The average molecular weight is 350 g/mol. The van der Waals surface area contributed by atoms with Crippen molar-refractivity contribution in [2.24, 2.45) is 0 Å². The minimum absolute atomic E-state index is 0.0969. The van der Waals surface area contributed by atoms with Crippen LogP contribution in [0, 0.1) is 0 Å². The van der Waals surface area contributed by atoms with Crippen LogP contribution in [0.1, 0.15) is 17.5 Å². The fourth-order valence-electron chi connectivity index (χ4n) is 2.70. The molecule has 3 aromatic rings. The Bertz CT molecular complexity index is 1100. The van der Waals surface area contributed by atoms with Gasteiger partial charge in [0.15, 0.2) is 17.3 Å². The summed E-state index contributed by atoms with van der Waals surface area (Å²) in [6, 6.07) is 12.7. The van der Waals surface area contributed by atoms with Crippen LogP contribution in [0.15, 0.2) is 57.7 Å². The van der Waals surface area contributed by atoms with E-state index in [2.05, 4.69) is 10.6 Å². The number of carbonyl (C=O) groups excluding carboxylic acids is 2. The molecule has 1 aliphatic heterocycles. The molecule has 0 bridgehead atoms. The predicted octanol–water partition coefficient (Wildman–Crippen LogP) is 2.76. The Hall–Kier alpha value is -3.61. The van der Waals surface area contributed by atoms with Gasteiger partial charge >= 0.3 is 0 Å². The monoisotopic (exact) mass is 350 g/mol. The number of hydrogen-bond donors (Lipinski definition) is 2. The zero-order valence-corrected chi connectivity index (χ0v) is 13.7. The highest BCUT2D eigenvalue weighted by Crippen LogP contribution is 2.32. The lowest BCUT2D eigenvalue weighted by atomic mass is 10.2. The van der Waals surface area contributed by atoms with E-state index in [1.54, 1.807) is 49.4 Å². The molecule has 2 heterocycles. The molecule has 0 radical (unpaired) electrons. The van der Waals surface area contributed by atoms with Crippen molar-refractivity contribution in [3.63, 3.8) is 0 Å². The Balaban J connectivity index is 1.62. The van der Waals surface area contributed by atoms with Gasteiger partial charge in [0.2, 0.25) is 0 Å². The van der Waals surface area contributed by atoms with E-state index in [1.165, 1.54) is 0 Å². The van der Waals surface area contributed by atoms with E-state index < -0.39 is 12.0 Å². The van der Waals surface area contributed by atoms with Gasteiger partial charge in [0.25, 0.3) is 11.8 Å². The number of hydrogen-bond acceptors (Lipinski definition) is 5. The van der Waals surface area contributed by atoms with Gasteiger partial charge in [-0.2, -0.15) is 0 Å². The Labute approximate surface area is 147 Å². The Kier molecular flexibility index (Phi) is 3.69. The molecule has 1 aliphatic rings. The van der Waals surface area contributed by atoms with E-state index in [0.717, 1.165) is 6.07 Å². The second-order valence-corrected chi connectivity index (χ2v) is 5.89. The highest BCUT2D eigenvalue weighted by molar-refractivity contribution is 6.04. The molecule has 0 saturated heterocycles. The predicted molar refractivity (Wildman–Crippen MR) is 95.6 cm³/mol. The van der Waals surface area contributed by atoms with Gasteiger partial charge in [-0.3, -0.25) is 14.4 Å². The number of ether oxygens (including phenoxy) is 1. The SMILES string of the molecule is C[C@H]1Oc2ccc(NC(=O)c3cc(=O)c4ccccc4o3)cc2NC1=O. The quantitative estimate of drug-likeness (QED) is 0.741. The Morgan fingerprint density at radius 1 is 1.12 bits per heavy atom. The summed E-state index contributed by atoms with van der Waals surface area (Å²) in [6.07, 6.45) is -0.574. The number of amides is 2. The van der Waals surface area contributed by atoms with Gasteiger partial charge in [-0.05, 0) is 37.3 Å². The number of carbonyl (C=O) groups is 2. The molecule has 2 N–H and O–H groups in total. The third kappa shape index (κ3) is 2.79. The lowest BCUT2D eigenvalue weighted by Gasteiger charge is -2.23. The van der Waals surface area contributed by atoms with Crippen molar-refractivity contribution in [2.75, 3.05) is 10.6 Å². The van der Waals surface area contributed by atoms with Gasteiger partial charge in [-0.15, -0.1) is 0 Å². The average Bonchev–Trinajstić information content (AvgIpc) is 2.63. The number of fused-ring (bicyclic) bond motifs is 2. The molecule has 2 amide bonds. The van der Waals surface area contributed by atoms with Crippen molar-refractivity contribution in [1.82, 2.24) is 0 Å². The minimum atomic E-state index is -0.574. The van der Waals surface area contributed by atoms with E-state index in [9.17, 15) is 14.4 Å². The molecule has 130 valence electrons. The van der Waals surface area contributed by atoms with Gasteiger partial charge in [0.05, 0.1) is 11.1 Å². The summed E-state index contributed by atoms with van der Waals surface area (Å²) in [4.78, 5) is 36.2. The minimum Gasteiger partial charge on any atom is -0.479 e. The largest absolute Gasteiger partial charge is 0.479 e. The van der Waals surface area contributed by atoms with E-state index in [4.69, 9.17) is 9.15 Å². The molecule has 1 aromatic heterocycles. The molecule has 0 aliphatic carbocycles. The smallest absolute Gasteiger partial charge is 0.291 e. The summed E-state index contributed by atoms with van der Waals surface area (Å²) in [6.45, 7) is 1.65. The first-order valence-electron chi connectivity index (χ1n) is 7.97. The van der Waals surface area contributed by atoms with E-state index in [0.29, 0.717) is 28.1 Å². The fourth-order valence-corrected chi connectivity index (χ4v) is 2.70. The summed E-state index contributed by atoms with van der Waals surface area (Å²) in [5.41, 5.74) is 0.941. The first kappa shape index (κ1) is 15.9. The van der Waals surface area contributed by atoms with Crippen LogP contribution in [-0.4, -0.2) is 17.9 Å². The topological polar surface area (TPSA) is 97.6 Å². The highest BCUT2D eigenvalue weighted by Gasteiger charge is 2.24. The molecule has 7 nitrogen and oxygen atoms in total. The second kappa shape index (κ2) is 6.03. The molecule has 0 spiro atoms. The number of para-hydroxylation sites is 1. The molecule has 0 saturated carbocycles. The first-order chi connectivity index (χ1) is 12.5. The maximum absolute atomic E-state index is 12.4. The molecule has 0 unspecified atom stereocenters. The van der Waals surface area contributed by atoms with Crippen molar-refractivity contribution in [2.45, 2.75) is 13.0 Å². The van der Waals surface area contributed by atoms with Crippen molar-refractivity contribution in [1.29, 1.82) is 0 Å². The van der Waals surface area contributed by atoms with Crippen LogP contribution in [0.2, 0.25) is 0 Å². The zero-order chi connectivity index (χ0) is 18.3. The van der Waals surface area contributed by atoms with E-state index in [1.807, 2.05) is 0 Å². The zero-order valence-electron chi connectivity index (χ0n) is 13.7. The van der Waals surface area contributed by atoms with Gasteiger partial charge in [0.1, 0.15) is 11.3 Å². The van der Waals surface area contributed by atoms with E-state index in [-0.39, 0.29) is 17.1 Å². The molecule has 0 fully saturated rings. The lowest BCUT2D eigenvalue weighted by Crippen LogP contribution is -2.34. The van der Waals surface area contributed by atoms with Crippen molar-refractivity contribution < 1.29 is 18.7 Å². The second-order valence-electron chi connectivity index (χ2n) is 5.89. The molecule has 26 heavy (non-hydrogen) atoms. The number of anilines is 2. The van der Waals surface area contributed by atoms with E-state index >= 15 is 0 Å². The lowest BCUT2D eigenvalue weighted by molar-refractivity contribution is -0.122. The fraction of sp³-hybridized carbons (Fsp3) is 0.105. The van der Waals surface area contributed by atoms with Gasteiger partial charge in [-0.1, -0.05) is 12.1 Å². The highest BCUT2D eigenvalue weighted by atomic mass is 16.5. The first-order valence-corrected chi connectivity index (χ1v) is 7.97. The third-order valence-electron chi connectivity index (χ3n) is 4.03. The summed E-state index contributed by atoms with van der Waals surface area (Å²) in [5, 5.41) is 5.76. The standard InChI is InChI=1S/C19H14N2O5/c1-10-18(23)21-13-8-11(6-7-16(13)25-10)20-19(24)17-9-14(22)12-4-2-3-5-15(12)26-17/h2-10H,1H3,(H,20,24)(H,21,23)/t10-/m1/s1. The van der Waals surface area contributed by atoms with Crippen molar-refractivity contribution >= 4 is 34.2 Å². The summed E-state index contributed by atoms with van der Waals surface area (Å²) in [7, 11) is 0. The molecule has 4 rings (SSSR count). The number of rotatable bonds is 2. The van der Waals surface area contributed by atoms with Crippen molar-refractivity contribution in [3.8, 4) is 5.75 Å². The number of nitrogens with one attached hydrogen (secondary N) is 2. The van der Waals surface area contributed by atoms with Crippen LogP contribution >= 0.6 is 0 Å². The van der Waals surface area contributed by atoms with Crippen molar-refractivity contribution in [3.05, 3.63) is 64.5 Å². The third-order valence-corrected chi connectivity index (χ3v) is 4.03. The van der Waals surface area contributed by atoms with Gasteiger partial charge in [-0.25, -0.2) is 0 Å². The molecular weight excluding hydrogens is 336 g/mol. The van der Waals surface area contributed by atoms with Crippen LogP contribution in [0.25, 0.3) is 11.0 Å². The van der Waals surface area contributed by atoms with Gasteiger partial charge in [0, 0.05) is 11.8 Å². The van der Waals surface area contributed by atoms with Crippen LogP contribution in [0.4, 0.5) is 11.4 Å². The maximum atomic E-state index is 12.4.